The highest BCUT2D eigenvalue weighted by Gasteiger charge is 2.13. The van der Waals surface area contributed by atoms with Crippen molar-refractivity contribution in [3.05, 3.63) is 59.6 Å². The predicted molar refractivity (Wildman–Crippen MR) is 61.7 cm³/mol. The second kappa shape index (κ2) is 5.75. The van der Waals surface area contributed by atoms with E-state index in [0.29, 0.717) is 11.3 Å². The highest BCUT2D eigenvalue weighted by atomic mass is 19.1. The van der Waals surface area contributed by atoms with E-state index in [1.807, 2.05) is 0 Å². The van der Waals surface area contributed by atoms with Crippen molar-refractivity contribution in [1.29, 1.82) is 0 Å². The molecule has 0 spiro atoms. The lowest BCUT2D eigenvalue weighted by Gasteiger charge is -2.14. The van der Waals surface area contributed by atoms with E-state index in [1.54, 1.807) is 12.1 Å². The smallest absolute Gasteiger partial charge is 0.130 e. The Morgan fingerprint density at radius 2 is 2.11 bits per heavy atom. The lowest BCUT2D eigenvalue weighted by Crippen LogP contribution is -2.24. The van der Waals surface area contributed by atoms with Gasteiger partial charge in [-0.25, -0.2) is 8.78 Å². The van der Waals surface area contributed by atoms with Crippen molar-refractivity contribution >= 4 is 0 Å². The van der Waals surface area contributed by atoms with Crippen LogP contribution in [0.25, 0.3) is 0 Å². The van der Waals surface area contributed by atoms with E-state index >= 15 is 0 Å². The van der Waals surface area contributed by atoms with Crippen molar-refractivity contribution in [2.45, 2.75) is 12.6 Å². The third-order valence-electron chi connectivity index (χ3n) is 2.62. The molecule has 0 amide bonds. The Bertz CT molecular complexity index is 500. The Labute approximate surface area is 103 Å². The van der Waals surface area contributed by atoms with E-state index < -0.39 is 17.7 Å². The molecule has 2 aromatic rings. The second-order valence-corrected chi connectivity index (χ2v) is 3.87. The maximum Gasteiger partial charge on any atom is 0.130 e. The molecule has 0 aliphatic rings. The van der Waals surface area contributed by atoms with Gasteiger partial charge in [0.15, 0.2) is 0 Å². The summed E-state index contributed by atoms with van der Waals surface area (Å²) in [6, 6.07) is 6.41. The number of hydrogen-bond acceptors (Lipinski definition) is 3. The van der Waals surface area contributed by atoms with E-state index in [2.05, 4.69) is 5.32 Å². The maximum absolute atomic E-state index is 13.4. The molecule has 0 saturated carbocycles. The molecule has 1 heterocycles. The molecule has 2 rings (SSSR count). The molecule has 0 saturated heterocycles. The molecule has 18 heavy (non-hydrogen) atoms. The minimum Gasteiger partial charge on any atom is -0.468 e. The number of aliphatic hydroxyl groups excluding tert-OH is 1. The summed E-state index contributed by atoms with van der Waals surface area (Å²) >= 11 is 0. The topological polar surface area (TPSA) is 45.4 Å². The highest BCUT2D eigenvalue weighted by Crippen LogP contribution is 2.15. The van der Waals surface area contributed by atoms with Gasteiger partial charge in [-0.15, -0.1) is 0 Å². The fraction of sp³-hybridized carbons (Fsp3) is 0.231. The number of furan rings is 1. The fourth-order valence-corrected chi connectivity index (χ4v) is 1.64. The first-order chi connectivity index (χ1) is 8.70. The van der Waals surface area contributed by atoms with Gasteiger partial charge in [0, 0.05) is 18.2 Å². The minimum atomic E-state index is -0.612. The van der Waals surface area contributed by atoms with Crippen LogP contribution in [0.1, 0.15) is 17.4 Å². The van der Waals surface area contributed by atoms with Crippen LogP contribution < -0.4 is 5.32 Å². The Morgan fingerprint density at radius 3 is 2.72 bits per heavy atom. The number of halogens is 2. The summed E-state index contributed by atoms with van der Waals surface area (Å²) in [6.45, 7) is 0.00830. The van der Waals surface area contributed by atoms with Crippen molar-refractivity contribution in [3.8, 4) is 0 Å². The van der Waals surface area contributed by atoms with Crippen LogP contribution in [0, 0.1) is 11.6 Å². The number of nitrogens with one attached hydrogen (secondary N) is 1. The average molecular weight is 253 g/mol. The average Bonchev–Trinajstić information content (AvgIpc) is 2.86. The van der Waals surface area contributed by atoms with Crippen molar-refractivity contribution < 1.29 is 18.3 Å². The summed E-state index contributed by atoms with van der Waals surface area (Å²) in [5.41, 5.74) is 0.335. The van der Waals surface area contributed by atoms with Crippen molar-refractivity contribution in [1.82, 2.24) is 5.32 Å². The molecule has 1 aromatic heterocycles. The quantitative estimate of drug-likeness (QED) is 0.860. The molecule has 96 valence electrons. The van der Waals surface area contributed by atoms with Crippen LogP contribution in [0.4, 0.5) is 8.78 Å². The molecule has 1 unspecified atom stereocenters. The summed E-state index contributed by atoms with van der Waals surface area (Å²) < 4.78 is 31.2. The lowest BCUT2D eigenvalue weighted by atomic mass is 10.1. The summed E-state index contributed by atoms with van der Waals surface area (Å²) in [5, 5.41) is 12.2. The minimum absolute atomic E-state index is 0.170. The van der Waals surface area contributed by atoms with Gasteiger partial charge in [-0.2, -0.15) is 0 Å². The zero-order valence-corrected chi connectivity index (χ0v) is 9.57. The van der Waals surface area contributed by atoms with Crippen molar-refractivity contribution in [3.63, 3.8) is 0 Å². The summed E-state index contributed by atoms with van der Waals surface area (Å²) in [6.07, 6.45) is 1.50. The molecular weight excluding hydrogens is 240 g/mol. The second-order valence-electron chi connectivity index (χ2n) is 3.87. The van der Waals surface area contributed by atoms with Gasteiger partial charge in [-0.1, -0.05) is 6.07 Å². The summed E-state index contributed by atoms with van der Waals surface area (Å²) in [4.78, 5) is 0. The van der Waals surface area contributed by atoms with E-state index in [9.17, 15) is 13.9 Å². The number of rotatable bonds is 5. The Balaban J connectivity index is 2.02. The molecule has 1 aromatic carbocycles. The molecule has 0 bridgehead atoms. The van der Waals surface area contributed by atoms with Crippen LogP contribution in [0.15, 0.2) is 41.0 Å². The SMILES string of the molecule is OCC(NCc1ccc(F)cc1F)c1ccco1. The monoisotopic (exact) mass is 253 g/mol. The molecule has 2 N–H and O–H groups in total. The zero-order valence-electron chi connectivity index (χ0n) is 9.57. The summed E-state index contributed by atoms with van der Waals surface area (Å²) in [5.74, 6) is -0.653. The molecule has 0 radical (unpaired) electrons. The fourth-order valence-electron chi connectivity index (χ4n) is 1.64. The molecule has 0 aliphatic carbocycles. The van der Waals surface area contributed by atoms with Crippen molar-refractivity contribution in [2.75, 3.05) is 6.61 Å². The number of hydrogen-bond donors (Lipinski definition) is 2. The van der Waals surface area contributed by atoms with Crippen LogP contribution in [0.3, 0.4) is 0 Å². The van der Waals surface area contributed by atoms with Gasteiger partial charge < -0.3 is 14.8 Å². The molecule has 5 heteroatoms. The van der Waals surface area contributed by atoms with Gasteiger partial charge in [0.25, 0.3) is 0 Å². The van der Waals surface area contributed by atoms with Crippen LogP contribution >= 0.6 is 0 Å². The summed E-state index contributed by atoms with van der Waals surface area (Å²) in [7, 11) is 0. The first kappa shape index (κ1) is 12.7. The van der Waals surface area contributed by atoms with Crippen LogP contribution in [0.5, 0.6) is 0 Å². The van der Waals surface area contributed by atoms with Crippen LogP contribution in [-0.2, 0) is 6.54 Å². The van der Waals surface area contributed by atoms with Crippen LogP contribution in [-0.4, -0.2) is 11.7 Å². The molecule has 3 nitrogen and oxygen atoms in total. The molecule has 1 atom stereocenters. The predicted octanol–water partition coefficient (Wildman–Crippen LogP) is 2.38. The van der Waals surface area contributed by atoms with Gasteiger partial charge in [-0.3, -0.25) is 0 Å². The third kappa shape index (κ3) is 2.94. The van der Waals surface area contributed by atoms with Gasteiger partial charge >= 0.3 is 0 Å². The molecule has 0 aliphatic heterocycles. The van der Waals surface area contributed by atoms with Gasteiger partial charge in [-0.05, 0) is 18.2 Å². The zero-order chi connectivity index (χ0) is 13.0. The Morgan fingerprint density at radius 1 is 1.28 bits per heavy atom. The third-order valence-corrected chi connectivity index (χ3v) is 2.62. The maximum atomic E-state index is 13.4. The Hall–Kier alpha value is -1.72. The number of aliphatic hydroxyl groups is 1. The van der Waals surface area contributed by atoms with Gasteiger partial charge in [0.05, 0.1) is 18.9 Å². The standard InChI is InChI=1S/C13H13F2NO2/c14-10-4-3-9(11(15)6-10)7-16-12(8-17)13-2-1-5-18-13/h1-6,12,16-17H,7-8H2. The molecule has 0 fully saturated rings. The lowest BCUT2D eigenvalue weighted by molar-refractivity contribution is 0.225. The first-order valence-corrected chi connectivity index (χ1v) is 5.52. The first-order valence-electron chi connectivity index (χ1n) is 5.52. The van der Waals surface area contributed by atoms with Gasteiger partial charge in [0.2, 0.25) is 0 Å². The highest BCUT2D eigenvalue weighted by molar-refractivity contribution is 5.18. The van der Waals surface area contributed by atoms with E-state index in [0.717, 1.165) is 6.07 Å². The van der Waals surface area contributed by atoms with E-state index in [-0.39, 0.29) is 13.2 Å². The normalized spacial score (nSPS) is 12.6. The van der Waals surface area contributed by atoms with Crippen molar-refractivity contribution in [2.24, 2.45) is 0 Å². The van der Waals surface area contributed by atoms with Crippen LogP contribution in [0.2, 0.25) is 0 Å². The largest absolute Gasteiger partial charge is 0.468 e. The van der Waals surface area contributed by atoms with Gasteiger partial charge in [0.1, 0.15) is 17.4 Å². The van der Waals surface area contributed by atoms with E-state index in [1.165, 1.54) is 18.4 Å². The Kier molecular flexibility index (Phi) is 4.07. The number of benzene rings is 1. The van der Waals surface area contributed by atoms with E-state index in [4.69, 9.17) is 4.42 Å². The molecular formula is C13H13F2NO2.